The van der Waals surface area contributed by atoms with E-state index in [1.807, 2.05) is 87.7 Å². The fourth-order valence-corrected chi connectivity index (χ4v) is 3.68. The van der Waals surface area contributed by atoms with Crippen molar-refractivity contribution in [1.82, 2.24) is 25.4 Å². The first-order chi connectivity index (χ1) is 14.6. The summed E-state index contributed by atoms with van der Waals surface area (Å²) in [5, 5.41) is 14.4. The maximum absolute atomic E-state index is 12.3. The molecule has 0 atom stereocenters. The standard InChI is InChI=1S/C23H27N5O2S/c1-15-9-11-18(12-10-15)28-20(17-8-6-7-16(2)13-17)26-27-22(28)31-14-19(29)24-21(30)25-23(3,4)5/h6-13H,14H2,1-5H3,(H2,24,25,29,30). The van der Waals surface area contributed by atoms with Gasteiger partial charge in [0.25, 0.3) is 0 Å². The van der Waals surface area contributed by atoms with Crippen LogP contribution in [0.1, 0.15) is 31.9 Å². The molecule has 2 N–H and O–H groups in total. The van der Waals surface area contributed by atoms with E-state index in [2.05, 4.69) is 20.8 Å². The predicted octanol–water partition coefficient (Wildman–Crippen LogP) is 4.27. The number of amides is 3. The van der Waals surface area contributed by atoms with Crippen molar-refractivity contribution in [3.63, 3.8) is 0 Å². The highest BCUT2D eigenvalue weighted by molar-refractivity contribution is 7.99. The van der Waals surface area contributed by atoms with Gasteiger partial charge in [-0.3, -0.25) is 14.7 Å². The van der Waals surface area contributed by atoms with Gasteiger partial charge in [0, 0.05) is 16.8 Å². The van der Waals surface area contributed by atoms with Crippen molar-refractivity contribution in [1.29, 1.82) is 0 Å². The number of nitrogens with zero attached hydrogens (tertiary/aromatic N) is 3. The highest BCUT2D eigenvalue weighted by Gasteiger charge is 2.19. The molecule has 0 spiro atoms. The predicted molar refractivity (Wildman–Crippen MR) is 123 cm³/mol. The zero-order valence-corrected chi connectivity index (χ0v) is 19.2. The van der Waals surface area contributed by atoms with Crippen LogP contribution < -0.4 is 10.6 Å². The van der Waals surface area contributed by atoms with Crippen molar-refractivity contribution in [2.75, 3.05) is 5.75 Å². The molecule has 2 aromatic carbocycles. The van der Waals surface area contributed by atoms with Crippen molar-refractivity contribution in [2.45, 2.75) is 45.3 Å². The molecule has 0 radical (unpaired) electrons. The number of urea groups is 1. The fraction of sp³-hybridized carbons (Fsp3) is 0.304. The lowest BCUT2D eigenvalue weighted by Crippen LogP contribution is -2.48. The van der Waals surface area contributed by atoms with Gasteiger partial charge >= 0.3 is 6.03 Å². The Hall–Kier alpha value is -3.13. The number of imide groups is 1. The van der Waals surface area contributed by atoms with Gasteiger partial charge in [-0.25, -0.2) is 4.79 Å². The number of thioether (sulfide) groups is 1. The van der Waals surface area contributed by atoms with Crippen molar-refractivity contribution in [2.24, 2.45) is 0 Å². The molecule has 8 heteroatoms. The van der Waals surface area contributed by atoms with Crippen LogP contribution in [0.2, 0.25) is 0 Å². The molecular formula is C23H27N5O2S. The van der Waals surface area contributed by atoms with Crippen LogP contribution in [0.25, 0.3) is 17.1 Å². The number of benzene rings is 2. The molecule has 0 unspecified atom stereocenters. The minimum absolute atomic E-state index is 0.0371. The summed E-state index contributed by atoms with van der Waals surface area (Å²) >= 11 is 1.23. The largest absolute Gasteiger partial charge is 0.333 e. The van der Waals surface area contributed by atoms with Crippen LogP contribution in [0, 0.1) is 13.8 Å². The van der Waals surface area contributed by atoms with E-state index in [0.717, 1.165) is 22.4 Å². The molecule has 0 saturated heterocycles. The zero-order chi connectivity index (χ0) is 22.6. The third-order valence-corrected chi connectivity index (χ3v) is 5.20. The average molecular weight is 438 g/mol. The summed E-state index contributed by atoms with van der Waals surface area (Å²) in [5.74, 6) is 0.332. The molecule has 3 aromatic rings. The topological polar surface area (TPSA) is 88.9 Å². The molecule has 0 fully saturated rings. The van der Waals surface area contributed by atoms with Gasteiger partial charge in [0.05, 0.1) is 5.75 Å². The Morgan fingerprint density at radius 3 is 2.35 bits per heavy atom. The van der Waals surface area contributed by atoms with Crippen LogP contribution in [0.3, 0.4) is 0 Å². The molecular weight excluding hydrogens is 410 g/mol. The number of hydrogen-bond donors (Lipinski definition) is 2. The highest BCUT2D eigenvalue weighted by Crippen LogP contribution is 2.28. The summed E-state index contributed by atoms with van der Waals surface area (Å²) in [6, 6.07) is 15.6. The second-order valence-electron chi connectivity index (χ2n) is 8.39. The lowest BCUT2D eigenvalue weighted by molar-refractivity contribution is -0.117. The third kappa shape index (κ3) is 6.18. The maximum atomic E-state index is 12.3. The van der Waals surface area contributed by atoms with Gasteiger partial charge in [0.15, 0.2) is 11.0 Å². The fourth-order valence-electron chi connectivity index (χ4n) is 2.93. The Morgan fingerprint density at radius 1 is 1.00 bits per heavy atom. The van der Waals surface area contributed by atoms with Crippen molar-refractivity contribution >= 4 is 23.7 Å². The smallest absolute Gasteiger partial charge is 0.321 e. The summed E-state index contributed by atoms with van der Waals surface area (Å²) in [5.41, 5.74) is 3.68. The van der Waals surface area contributed by atoms with Crippen molar-refractivity contribution in [3.8, 4) is 17.1 Å². The summed E-state index contributed by atoms with van der Waals surface area (Å²) < 4.78 is 1.93. The number of aromatic nitrogens is 3. The molecule has 0 aliphatic rings. The SMILES string of the molecule is Cc1ccc(-n2c(SCC(=O)NC(=O)NC(C)(C)C)nnc2-c2cccc(C)c2)cc1. The van der Waals surface area contributed by atoms with Gasteiger partial charge < -0.3 is 5.32 Å². The number of rotatable bonds is 5. The van der Waals surface area contributed by atoms with Gasteiger partial charge in [0.2, 0.25) is 5.91 Å². The minimum Gasteiger partial charge on any atom is -0.333 e. The van der Waals surface area contributed by atoms with Gasteiger partial charge in [-0.05, 0) is 52.8 Å². The quantitative estimate of drug-likeness (QED) is 0.582. The molecule has 0 saturated carbocycles. The van der Waals surface area contributed by atoms with Crippen molar-refractivity contribution < 1.29 is 9.59 Å². The molecule has 1 aromatic heterocycles. The Kier molecular flexibility index (Phi) is 6.80. The molecule has 162 valence electrons. The number of carbonyl (C=O) groups excluding carboxylic acids is 2. The summed E-state index contributed by atoms with van der Waals surface area (Å²) in [6.07, 6.45) is 0. The first kappa shape index (κ1) is 22.6. The molecule has 3 rings (SSSR count). The first-order valence-corrected chi connectivity index (χ1v) is 11.0. The van der Waals surface area contributed by atoms with E-state index < -0.39 is 17.5 Å². The lowest BCUT2D eigenvalue weighted by Gasteiger charge is -2.20. The Balaban J connectivity index is 1.84. The Bertz CT molecular complexity index is 1080. The summed E-state index contributed by atoms with van der Waals surface area (Å²) in [4.78, 5) is 24.2. The minimum atomic E-state index is -0.515. The van der Waals surface area contributed by atoms with E-state index in [1.54, 1.807) is 0 Å². The monoisotopic (exact) mass is 437 g/mol. The second kappa shape index (κ2) is 9.34. The first-order valence-electron chi connectivity index (χ1n) is 9.97. The van der Waals surface area contributed by atoms with Crippen LogP contribution >= 0.6 is 11.8 Å². The molecule has 31 heavy (non-hydrogen) atoms. The van der Waals surface area contributed by atoms with Gasteiger partial charge in [-0.1, -0.05) is 53.2 Å². The van der Waals surface area contributed by atoms with Gasteiger partial charge in [-0.15, -0.1) is 10.2 Å². The van der Waals surface area contributed by atoms with E-state index in [4.69, 9.17) is 0 Å². The average Bonchev–Trinajstić information content (AvgIpc) is 3.09. The van der Waals surface area contributed by atoms with Crippen LogP contribution in [-0.2, 0) is 4.79 Å². The molecule has 0 bridgehead atoms. The number of nitrogens with one attached hydrogen (secondary N) is 2. The van der Waals surface area contributed by atoms with Crippen LogP contribution in [0.15, 0.2) is 53.7 Å². The Morgan fingerprint density at radius 2 is 1.71 bits per heavy atom. The van der Waals surface area contributed by atoms with E-state index in [-0.39, 0.29) is 5.75 Å². The highest BCUT2D eigenvalue weighted by atomic mass is 32.2. The van der Waals surface area contributed by atoms with E-state index in [1.165, 1.54) is 11.8 Å². The van der Waals surface area contributed by atoms with Gasteiger partial charge in [-0.2, -0.15) is 0 Å². The second-order valence-corrected chi connectivity index (χ2v) is 9.33. The summed E-state index contributed by atoms with van der Waals surface area (Å²) in [7, 11) is 0. The molecule has 0 aliphatic heterocycles. The normalized spacial score (nSPS) is 11.3. The lowest BCUT2D eigenvalue weighted by atomic mass is 10.1. The van der Waals surface area contributed by atoms with E-state index in [0.29, 0.717) is 11.0 Å². The van der Waals surface area contributed by atoms with Crippen LogP contribution in [-0.4, -0.2) is 38.0 Å². The number of carbonyl (C=O) groups is 2. The Labute approximate surface area is 186 Å². The third-order valence-electron chi connectivity index (χ3n) is 4.28. The summed E-state index contributed by atoms with van der Waals surface area (Å²) in [6.45, 7) is 9.60. The van der Waals surface area contributed by atoms with Crippen molar-refractivity contribution in [3.05, 3.63) is 59.7 Å². The molecule has 3 amide bonds. The van der Waals surface area contributed by atoms with Gasteiger partial charge in [0.1, 0.15) is 0 Å². The van der Waals surface area contributed by atoms with Crippen LogP contribution in [0.5, 0.6) is 0 Å². The number of aryl methyl sites for hydroxylation is 2. The van der Waals surface area contributed by atoms with Crippen LogP contribution in [0.4, 0.5) is 4.79 Å². The molecule has 0 aliphatic carbocycles. The maximum Gasteiger partial charge on any atom is 0.321 e. The van der Waals surface area contributed by atoms with E-state index in [9.17, 15) is 9.59 Å². The van der Waals surface area contributed by atoms with E-state index >= 15 is 0 Å². The molecule has 1 heterocycles. The zero-order valence-electron chi connectivity index (χ0n) is 18.4. The number of hydrogen-bond acceptors (Lipinski definition) is 5. The molecule has 7 nitrogen and oxygen atoms in total.